The van der Waals surface area contributed by atoms with Crippen LogP contribution in [-0.4, -0.2) is 18.5 Å². The molecule has 0 aliphatic heterocycles. The first kappa shape index (κ1) is 11.5. The van der Waals surface area contributed by atoms with Crippen LogP contribution in [0.2, 0.25) is 0 Å². The van der Waals surface area contributed by atoms with Crippen LogP contribution in [0.4, 0.5) is 0 Å². The van der Waals surface area contributed by atoms with Crippen molar-refractivity contribution in [3.8, 4) is 0 Å². The van der Waals surface area contributed by atoms with E-state index in [2.05, 4.69) is 4.29 Å². The Bertz CT molecular complexity index is 375. The monoisotopic (exact) mass is 228 g/mol. The van der Waals surface area contributed by atoms with E-state index in [9.17, 15) is 9.59 Å². The number of esters is 1. The molecular weight excluding hydrogens is 220 g/mol. The smallest absolute Gasteiger partial charge is 0.357 e. The van der Waals surface area contributed by atoms with E-state index in [-0.39, 0.29) is 17.7 Å². The van der Waals surface area contributed by atoms with Gasteiger partial charge >= 0.3 is 11.9 Å². The van der Waals surface area contributed by atoms with Gasteiger partial charge in [0.2, 0.25) is 0 Å². The highest BCUT2D eigenvalue weighted by molar-refractivity contribution is 6.17. The predicted octanol–water partition coefficient (Wildman–Crippen LogP) is 2.17. The molecule has 0 unspecified atom stereocenters. The van der Waals surface area contributed by atoms with Crippen LogP contribution in [0.1, 0.15) is 27.6 Å². The van der Waals surface area contributed by atoms with Crippen molar-refractivity contribution in [1.82, 2.24) is 0 Å². The molecule has 0 N–H and O–H groups in total. The first-order valence-corrected chi connectivity index (χ1v) is 4.60. The van der Waals surface area contributed by atoms with E-state index in [1.54, 1.807) is 19.1 Å². The van der Waals surface area contributed by atoms with E-state index in [0.29, 0.717) is 0 Å². The maximum Gasteiger partial charge on any atom is 0.357 e. The molecule has 0 spiro atoms. The SMILES string of the molecule is CCOC(=O)c1ccccc1C(=O)OCl. The van der Waals surface area contributed by atoms with Crippen LogP contribution in [0, 0.1) is 0 Å². The van der Waals surface area contributed by atoms with Crippen molar-refractivity contribution in [2.45, 2.75) is 6.92 Å². The van der Waals surface area contributed by atoms with Gasteiger partial charge in [-0.2, -0.15) is 0 Å². The van der Waals surface area contributed by atoms with Gasteiger partial charge in [-0.05, 0) is 19.1 Å². The normalized spacial score (nSPS) is 9.47. The molecule has 0 aliphatic carbocycles. The highest BCUT2D eigenvalue weighted by Crippen LogP contribution is 2.12. The molecule has 0 aromatic heterocycles. The first-order valence-electron chi connectivity index (χ1n) is 4.29. The van der Waals surface area contributed by atoms with Gasteiger partial charge in [0.25, 0.3) is 0 Å². The predicted molar refractivity (Wildman–Crippen MR) is 53.7 cm³/mol. The van der Waals surface area contributed by atoms with E-state index in [1.165, 1.54) is 12.1 Å². The van der Waals surface area contributed by atoms with Crippen LogP contribution >= 0.6 is 11.9 Å². The molecule has 0 saturated carbocycles. The molecule has 0 radical (unpaired) electrons. The molecule has 0 bridgehead atoms. The highest BCUT2D eigenvalue weighted by atomic mass is 35.5. The lowest BCUT2D eigenvalue weighted by molar-refractivity contribution is 0.0517. The summed E-state index contributed by atoms with van der Waals surface area (Å²) in [6.07, 6.45) is 0. The van der Waals surface area contributed by atoms with Crippen molar-refractivity contribution in [3.63, 3.8) is 0 Å². The van der Waals surface area contributed by atoms with E-state index in [0.717, 1.165) is 0 Å². The zero-order valence-corrected chi connectivity index (χ0v) is 8.78. The molecule has 1 aromatic carbocycles. The second-order valence-corrected chi connectivity index (χ2v) is 2.78. The number of carbonyl (C=O) groups excluding carboxylic acids is 2. The molecule has 15 heavy (non-hydrogen) atoms. The molecule has 4 nitrogen and oxygen atoms in total. The molecule has 5 heteroatoms. The van der Waals surface area contributed by atoms with Crippen molar-refractivity contribution in [2.75, 3.05) is 6.61 Å². The van der Waals surface area contributed by atoms with Gasteiger partial charge < -0.3 is 9.03 Å². The number of hydrogen-bond donors (Lipinski definition) is 0. The summed E-state index contributed by atoms with van der Waals surface area (Å²) in [5.74, 6) is -1.35. The highest BCUT2D eigenvalue weighted by Gasteiger charge is 2.18. The summed E-state index contributed by atoms with van der Waals surface area (Å²) in [4.78, 5) is 22.6. The van der Waals surface area contributed by atoms with E-state index >= 15 is 0 Å². The third-order valence-electron chi connectivity index (χ3n) is 1.71. The molecular formula is C10H9ClO4. The topological polar surface area (TPSA) is 52.6 Å². The van der Waals surface area contributed by atoms with Crippen LogP contribution < -0.4 is 0 Å². The second kappa shape index (κ2) is 5.36. The molecule has 0 heterocycles. The van der Waals surface area contributed by atoms with Crippen LogP contribution in [0.15, 0.2) is 24.3 Å². The second-order valence-electron chi connectivity index (χ2n) is 2.63. The van der Waals surface area contributed by atoms with Crippen molar-refractivity contribution < 1.29 is 18.6 Å². The minimum Gasteiger partial charge on any atom is -0.462 e. The van der Waals surface area contributed by atoms with E-state index < -0.39 is 11.9 Å². The summed E-state index contributed by atoms with van der Waals surface area (Å²) in [6.45, 7) is 1.92. The van der Waals surface area contributed by atoms with Gasteiger partial charge in [-0.15, -0.1) is 0 Å². The summed E-state index contributed by atoms with van der Waals surface area (Å²) < 4.78 is 8.80. The molecule has 0 atom stereocenters. The van der Waals surface area contributed by atoms with Crippen molar-refractivity contribution in [1.29, 1.82) is 0 Å². The van der Waals surface area contributed by atoms with Crippen LogP contribution in [0.25, 0.3) is 0 Å². The van der Waals surface area contributed by atoms with Gasteiger partial charge in [0.15, 0.2) is 0 Å². The van der Waals surface area contributed by atoms with Crippen molar-refractivity contribution in [3.05, 3.63) is 35.4 Å². The fraction of sp³-hybridized carbons (Fsp3) is 0.200. The molecule has 0 aliphatic rings. The van der Waals surface area contributed by atoms with Gasteiger partial charge in [0, 0.05) is 0 Å². The third kappa shape index (κ3) is 2.70. The van der Waals surface area contributed by atoms with Crippen molar-refractivity contribution in [2.24, 2.45) is 0 Å². The number of rotatable bonds is 3. The Balaban J connectivity index is 3.06. The van der Waals surface area contributed by atoms with Gasteiger partial charge in [-0.3, -0.25) is 0 Å². The summed E-state index contributed by atoms with van der Waals surface area (Å²) in [7, 11) is 0. The van der Waals surface area contributed by atoms with Gasteiger partial charge in [-0.25, -0.2) is 9.59 Å². The number of benzene rings is 1. The number of hydrogen-bond acceptors (Lipinski definition) is 4. The first-order chi connectivity index (χ1) is 7.20. The van der Waals surface area contributed by atoms with Gasteiger partial charge in [0.05, 0.1) is 17.7 Å². The maximum absolute atomic E-state index is 11.4. The quantitative estimate of drug-likeness (QED) is 0.744. The standard InChI is InChI=1S/C10H9ClO4/c1-2-14-9(12)7-5-3-4-6-8(7)10(13)15-11/h3-6H,2H2,1H3. The molecule has 0 saturated heterocycles. The fourth-order valence-corrected chi connectivity index (χ4v) is 1.17. The number of halogens is 1. The molecule has 0 amide bonds. The third-order valence-corrected chi connectivity index (χ3v) is 1.85. The Morgan fingerprint density at radius 2 is 1.73 bits per heavy atom. The average molecular weight is 229 g/mol. The Morgan fingerprint density at radius 3 is 2.20 bits per heavy atom. The average Bonchev–Trinajstić information content (AvgIpc) is 2.28. The zero-order valence-electron chi connectivity index (χ0n) is 8.03. The number of ether oxygens (including phenoxy) is 1. The Morgan fingerprint density at radius 1 is 1.20 bits per heavy atom. The van der Waals surface area contributed by atoms with E-state index in [4.69, 9.17) is 16.6 Å². The molecule has 1 aromatic rings. The van der Waals surface area contributed by atoms with Gasteiger partial charge in [-0.1, -0.05) is 12.1 Å². The lowest BCUT2D eigenvalue weighted by atomic mass is 10.1. The largest absolute Gasteiger partial charge is 0.462 e. The molecule has 80 valence electrons. The van der Waals surface area contributed by atoms with E-state index in [1.807, 2.05) is 0 Å². The van der Waals surface area contributed by atoms with Crippen LogP contribution in [0.5, 0.6) is 0 Å². The minimum absolute atomic E-state index is 0.0888. The summed E-state index contributed by atoms with van der Waals surface area (Å²) in [5, 5.41) is 0. The van der Waals surface area contributed by atoms with Crippen molar-refractivity contribution >= 4 is 23.8 Å². The van der Waals surface area contributed by atoms with Crippen LogP contribution in [0.3, 0.4) is 0 Å². The Hall–Kier alpha value is -1.55. The summed E-state index contributed by atoms with van der Waals surface area (Å²) in [5.41, 5.74) is 0.232. The fourth-order valence-electron chi connectivity index (χ4n) is 1.09. The van der Waals surface area contributed by atoms with Gasteiger partial charge in [0.1, 0.15) is 11.9 Å². The van der Waals surface area contributed by atoms with Crippen LogP contribution in [-0.2, 0) is 9.03 Å². The maximum atomic E-state index is 11.4. The minimum atomic E-state index is -0.777. The molecule has 1 rings (SSSR count). The zero-order chi connectivity index (χ0) is 11.3. The lowest BCUT2D eigenvalue weighted by Gasteiger charge is -2.05. The summed E-state index contributed by atoms with van der Waals surface area (Å²) >= 11 is 4.94. The lowest BCUT2D eigenvalue weighted by Crippen LogP contribution is -2.11. The Kier molecular flexibility index (Phi) is 4.12. The summed E-state index contributed by atoms with van der Waals surface area (Å²) in [6, 6.07) is 6.14. The molecule has 0 fully saturated rings. The Labute approximate surface area is 91.9 Å². The number of carbonyl (C=O) groups is 2.